The lowest BCUT2D eigenvalue weighted by atomic mass is 10.1. The van der Waals surface area contributed by atoms with Crippen molar-refractivity contribution < 1.29 is 23.2 Å². The fraction of sp³-hybridized carbons (Fsp3) is 0.722. The number of hydrogen-bond acceptors (Lipinski definition) is 9. The number of anilines is 1. The minimum absolute atomic E-state index is 0.00708. The molecule has 12 heteroatoms. The highest BCUT2D eigenvalue weighted by molar-refractivity contribution is 7.55. The van der Waals surface area contributed by atoms with E-state index in [-0.39, 0.29) is 30.3 Å². The highest BCUT2D eigenvalue weighted by atomic mass is 31.2. The van der Waals surface area contributed by atoms with Gasteiger partial charge in [-0.15, -0.1) is 4.52 Å². The van der Waals surface area contributed by atoms with E-state index in [2.05, 4.69) is 21.9 Å². The van der Waals surface area contributed by atoms with Crippen LogP contribution in [0.1, 0.15) is 58.1 Å². The van der Waals surface area contributed by atoms with Gasteiger partial charge in [0.2, 0.25) is 5.95 Å². The summed E-state index contributed by atoms with van der Waals surface area (Å²) in [5.74, 6) is 0.00708. The Kier molecular flexibility index (Phi) is 6.66. The first kappa shape index (κ1) is 21.6. The Morgan fingerprint density at radius 1 is 1.33 bits per heavy atom. The van der Waals surface area contributed by atoms with Gasteiger partial charge in [-0.05, 0) is 6.42 Å². The van der Waals surface area contributed by atoms with Gasteiger partial charge in [0.1, 0.15) is 31.6 Å². The molecule has 2 aliphatic rings. The average Bonchev–Trinajstić information content (AvgIpc) is 3.30. The van der Waals surface area contributed by atoms with Crippen LogP contribution in [0.2, 0.25) is 0 Å². The molecule has 0 saturated carbocycles. The van der Waals surface area contributed by atoms with Gasteiger partial charge in [0.05, 0.1) is 6.33 Å². The Labute approximate surface area is 174 Å². The maximum Gasteiger partial charge on any atom is 0.573 e. The smallest absolute Gasteiger partial charge is 0.369 e. The average molecular weight is 442 g/mol. The van der Waals surface area contributed by atoms with Gasteiger partial charge in [-0.1, -0.05) is 39.0 Å². The number of fused-ring (bicyclic) bond motifs is 2. The normalized spacial score (nSPS) is 28.8. The minimum Gasteiger partial charge on any atom is -0.369 e. The van der Waals surface area contributed by atoms with Gasteiger partial charge in [0.15, 0.2) is 11.2 Å². The first-order valence-corrected chi connectivity index (χ1v) is 12.0. The number of unbranched alkanes of at least 4 members (excludes halogenated alkanes) is 5. The number of imidazole rings is 1. The molecule has 0 bridgehead atoms. The largest absolute Gasteiger partial charge is 0.573 e. The molecule has 0 spiro atoms. The van der Waals surface area contributed by atoms with E-state index in [1.807, 2.05) is 0 Å². The van der Waals surface area contributed by atoms with Crippen LogP contribution >= 0.6 is 8.17 Å². The highest BCUT2D eigenvalue weighted by Crippen LogP contribution is 2.63. The van der Waals surface area contributed by atoms with Crippen molar-refractivity contribution in [3.8, 4) is 0 Å². The molecule has 2 saturated heterocycles. The van der Waals surface area contributed by atoms with Gasteiger partial charge >= 0.3 is 8.17 Å². The first-order valence-electron chi connectivity index (χ1n) is 10.5. The van der Waals surface area contributed by atoms with E-state index in [9.17, 15) is 9.69 Å². The minimum atomic E-state index is -3.36. The molecule has 2 aliphatic heterocycles. The number of nitrogens with two attached hydrogens (primary N) is 1. The number of H-pyrrole nitrogens is 1. The monoisotopic (exact) mass is 442 g/mol. The van der Waals surface area contributed by atoms with E-state index in [1.165, 1.54) is 25.6 Å². The van der Waals surface area contributed by atoms with Gasteiger partial charge in [0, 0.05) is 6.42 Å². The number of aromatic nitrogens is 4. The summed E-state index contributed by atoms with van der Waals surface area (Å²) in [6.45, 7) is 2.76. The van der Waals surface area contributed by atoms with Crippen molar-refractivity contribution in [2.24, 2.45) is 0 Å². The molecule has 30 heavy (non-hydrogen) atoms. The van der Waals surface area contributed by atoms with Crippen molar-refractivity contribution in [1.82, 2.24) is 19.5 Å². The number of ether oxygens (including phenoxy) is 1. The quantitative estimate of drug-likeness (QED) is 0.393. The molecular weight excluding hydrogens is 413 g/mol. The number of hydrogen-bond donors (Lipinski definition) is 3. The molecule has 1 unspecified atom stereocenters. The molecule has 4 heterocycles. The third-order valence-electron chi connectivity index (χ3n) is 5.36. The molecule has 2 aromatic heterocycles. The van der Waals surface area contributed by atoms with Crippen LogP contribution in [0, 0.1) is 0 Å². The first-order chi connectivity index (χ1) is 14.5. The third kappa shape index (κ3) is 4.66. The predicted octanol–water partition coefficient (Wildman–Crippen LogP) is 2.45. The Hall–Kier alpha value is -1.62. The van der Waals surface area contributed by atoms with Crippen LogP contribution in [-0.4, -0.2) is 49.8 Å². The molecule has 166 valence electrons. The summed E-state index contributed by atoms with van der Waals surface area (Å²) in [6, 6.07) is 0. The van der Waals surface area contributed by atoms with Crippen LogP contribution in [0.25, 0.3) is 11.2 Å². The van der Waals surface area contributed by atoms with Crippen molar-refractivity contribution in [2.75, 3.05) is 18.9 Å². The number of aromatic amines is 1. The number of nitrogens with zero attached hydrogens (tertiary/aromatic N) is 3. The SMILES string of the molecule is CCCCCCCCO[P+]1(O)OC[C@H]2O[C@@H](n3cnc4c(=O)[nH]c(N)nc43)C[C@@H]2O1. The van der Waals surface area contributed by atoms with Crippen LogP contribution in [0.15, 0.2) is 11.1 Å². The summed E-state index contributed by atoms with van der Waals surface area (Å²) >= 11 is 0. The second kappa shape index (κ2) is 9.25. The summed E-state index contributed by atoms with van der Waals surface area (Å²) in [4.78, 5) is 33.3. The summed E-state index contributed by atoms with van der Waals surface area (Å²) in [5, 5.41) is 0. The topological polar surface area (TPSA) is 147 Å². The molecule has 4 atom stereocenters. The van der Waals surface area contributed by atoms with E-state index in [0.717, 1.165) is 19.3 Å². The molecule has 4 rings (SSSR count). The number of rotatable bonds is 9. The van der Waals surface area contributed by atoms with Crippen LogP contribution in [0.5, 0.6) is 0 Å². The maximum atomic E-state index is 12.0. The molecule has 4 N–H and O–H groups in total. The molecule has 0 radical (unpaired) electrons. The predicted molar refractivity (Wildman–Crippen MR) is 110 cm³/mol. The fourth-order valence-electron chi connectivity index (χ4n) is 3.79. The van der Waals surface area contributed by atoms with Crippen molar-refractivity contribution in [2.45, 2.75) is 70.3 Å². The van der Waals surface area contributed by atoms with Crippen molar-refractivity contribution in [3.63, 3.8) is 0 Å². The molecule has 0 aromatic carbocycles. The van der Waals surface area contributed by atoms with Crippen molar-refractivity contribution >= 4 is 25.3 Å². The van der Waals surface area contributed by atoms with E-state index >= 15 is 0 Å². The Morgan fingerprint density at radius 3 is 2.97 bits per heavy atom. The Bertz CT molecular complexity index is 922. The zero-order chi connectivity index (χ0) is 21.1. The summed E-state index contributed by atoms with van der Waals surface area (Å²) < 4.78 is 24.5. The van der Waals surface area contributed by atoms with Gasteiger partial charge in [-0.3, -0.25) is 14.3 Å². The molecule has 2 aromatic rings. The van der Waals surface area contributed by atoms with Crippen LogP contribution in [-0.2, 0) is 18.3 Å². The molecular formula is C18H29N5O6P+. The zero-order valence-corrected chi connectivity index (χ0v) is 17.9. The maximum absolute atomic E-state index is 12.0. The van der Waals surface area contributed by atoms with Gasteiger partial charge < -0.3 is 10.5 Å². The lowest BCUT2D eigenvalue weighted by Gasteiger charge is -2.26. The lowest BCUT2D eigenvalue weighted by Crippen LogP contribution is -2.35. The summed E-state index contributed by atoms with van der Waals surface area (Å²) in [6.07, 6.45) is 7.48. The van der Waals surface area contributed by atoms with Crippen molar-refractivity contribution in [3.05, 3.63) is 16.7 Å². The van der Waals surface area contributed by atoms with Crippen LogP contribution in [0.3, 0.4) is 0 Å². The van der Waals surface area contributed by atoms with Crippen LogP contribution < -0.4 is 11.3 Å². The molecule has 0 aliphatic carbocycles. The van der Waals surface area contributed by atoms with Gasteiger partial charge in [-0.25, -0.2) is 4.98 Å². The van der Waals surface area contributed by atoms with Crippen molar-refractivity contribution in [1.29, 1.82) is 0 Å². The standard InChI is InChI=1S/C18H28N5O6P/c1-2-3-4-5-6-7-8-26-30(25)27-10-13-12(29-30)9-14(28-13)23-11-20-15-16(23)21-18(19)22-17(15)24/h11-14,25H,2-10H2,1H3,(H2-,19,21,22,24)/p+1/t12-,13+,14+,30?/m0/s1. The van der Waals surface area contributed by atoms with Crippen LogP contribution in [0.4, 0.5) is 5.95 Å². The summed E-state index contributed by atoms with van der Waals surface area (Å²) in [5.41, 5.74) is 5.77. The van der Waals surface area contributed by atoms with E-state index in [0.29, 0.717) is 18.7 Å². The highest BCUT2D eigenvalue weighted by Gasteiger charge is 2.57. The molecule has 0 amide bonds. The fourth-order valence-corrected chi connectivity index (χ4v) is 5.24. The second-order valence-corrected chi connectivity index (χ2v) is 9.31. The summed E-state index contributed by atoms with van der Waals surface area (Å²) in [7, 11) is -3.36. The van der Waals surface area contributed by atoms with Gasteiger partial charge in [0.25, 0.3) is 5.56 Å². The van der Waals surface area contributed by atoms with E-state index < -0.39 is 20.0 Å². The third-order valence-corrected chi connectivity index (χ3v) is 6.89. The number of nitrogen functional groups attached to an aromatic ring is 1. The van der Waals surface area contributed by atoms with E-state index in [4.69, 9.17) is 24.0 Å². The second-order valence-electron chi connectivity index (χ2n) is 7.65. The number of nitrogens with one attached hydrogen (secondary N) is 1. The molecule has 2 fully saturated rings. The van der Waals surface area contributed by atoms with Gasteiger partial charge in [-0.2, -0.15) is 18.9 Å². The molecule has 11 nitrogen and oxygen atoms in total. The Morgan fingerprint density at radius 2 is 2.13 bits per heavy atom. The lowest BCUT2D eigenvalue weighted by molar-refractivity contribution is -0.0805. The van der Waals surface area contributed by atoms with E-state index in [1.54, 1.807) is 4.57 Å². The Balaban J connectivity index is 1.33. The zero-order valence-electron chi connectivity index (χ0n) is 17.0.